The van der Waals surface area contributed by atoms with Crippen molar-refractivity contribution in [2.24, 2.45) is 5.92 Å². The fourth-order valence-electron chi connectivity index (χ4n) is 4.23. The van der Waals surface area contributed by atoms with Crippen LogP contribution in [-0.4, -0.2) is 61.4 Å². The van der Waals surface area contributed by atoms with Gasteiger partial charge in [-0.25, -0.2) is 0 Å². The smallest absolute Gasteiger partial charge is 0.225 e. The zero-order valence-electron chi connectivity index (χ0n) is 17.0. The summed E-state index contributed by atoms with van der Waals surface area (Å²) in [6.45, 7) is 3.95. The number of benzene rings is 1. The minimum atomic E-state index is -0.0143. The van der Waals surface area contributed by atoms with Crippen molar-refractivity contribution < 1.29 is 14.3 Å². The predicted octanol–water partition coefficient (Wildman–Crippen LogP) is 3.14. The third kappa shape index (κ3) is 5.96. The van der Waals surface area contributed by atoms with Gasteiger partial charge in [0.25, 0.3) is 0 Å². The van der Waals surface area contributed by atoms with E-state index in [0.29, 0.717) is 36.7 Å². The van der Waals surface area contributed by atoms with Crippen molar-refractivity contribution >= 4 is 17.5 Å². The molecule has 0 spiro atoms. The summed E-state index contributed by atoms with van der Waals surface area (Å²) in [6, 6.07) is 7.43. The van der Waals surface area contributed by atoms with E-state index in [0.717, 1.165) is 38.5 Å². The maximum absolute atomic E-state index is 12.4. The predicted molar refractivity (Wildman–Crippen MR) is 110 cm³/mol. The molecule has 0 atom stereocenters. The van der Waals surface area contributed by atoms with Gasteiger partial charge in [-0.15, -0.1) is 0 Å². The van der Waals surface area contributed by atoms with E-state index in [-0.39, 0.29) is 5.91 Å². The second-order valence-corrected chi connectivity index (χ2v) is 7.91. The fourth-order valence-corrected chi connectivity index (χ4v) is 4.23. The summed E-state index contributed by atoms with van der Waals surface area (Å²) >= 11 is 0. The Morgan fingerprint density at radius 2 is 1.79 bits per heavy atom. The highest BCUT2D eigenvalue weighted by Crippen LogP contribution is 2.28. The number of rotatable bonds is 8. The topological polar surface area (TPSA) is 61.9 Å². The molecule has 2 amide bonds. The minimum absolute atomic E-state index is 0.0143. The van der Waals surface area contributed by atoms with Gasteiger partial charge >= 0.3 is 0 Å². The standard InChI is InChI=1S/C22H33N3O3/c1-28-20-9-5-4-8-19(20)23-21(26)12-13-24-14-16-25(17-15-24)22(27)11-10-18-6-2-3-7-18/h4-5,8-9,18H,2-3,6-7,10-17H2,1H3,(H,23,26). The number of para-hydroxylation sites is 2. The molecule has 1 saturated carbocycles. The molecule has 0 bridgehead atoms. The zero-order valence-corrected chi connectivity index (χ0v) is 17.0. The SMILES string of the molecule is COc1ccccc1NC(=O)CCN1CCN(C(=O)CCC2CCCC2)CC1. The lowest BCUT2D eigenvalue weighted by molar-refractivity contribution is -0.133. The van der Waals surface area contributed by atoms with Gasteiger partial charge in [-0.3, -0.25) is 14.5 Å². The molecule has 0 radical (unpaired) electrons. The number of carbonyl (C=O) groups is 2. The van der Waals surface area contributed by atoms with Crippen molar-refractivity contribution in [3.8, 4) is 5.75 Å². The first-order valence-electron chi connectivity index (χ1n) is 10.6. The van der Waals surface area contributed by atoms with Gasteiger partial charge in [-0.2, -0.15) is 0 Å². The van der Waals surface area contributed by atoms with Crippen molar-refractivity contribution in [3.05, 3.63) is 24.3 Å². The van der Waals surface area contributed by atoms with Gasteiger partial charge in [0.2, 0.25) is 11.8 Å². The van der Waals surface area contributed by atoms with E-state index >= 15 is 0 Å². The Labute approximate surface area is 168 Å². The number of nitrogens with one attached hydrogen (secondary N) is 1. The summed E-state index contributed by atoms with van der Waals surface area (Å²) < 4.78 is 5.26. The Bertz CT molecular complexity index is 650. The number of amides is 2. The van der Waals surface area contributed by atoms with Crippen LogP contribution in [0, 0.1) is 5.92 Å². The van der Waals surface area contributed by atoms with Gasteiger partial charge in [0.05, 0.1) is 12.8 Å². The lowest BCUT2D eigenvalue weighted by atomic mass is 10.0. The summed E-state index contributed by atoms with van der Waals surface area (Å²) in [7, 11) is 1.60. The van der Waals surface area contributed by atoms with Crippen LogP contribution in [0.5, 0.6) is 5.75 Å². The molecule has 28 heavy (non-hydrogen) atoms. The molecule has 0 aromatic heterocycles. The van der Waals surface area contributed by atoms with Gasteiger partial charge in [0.15, 0.2) is 0 Å². The van der Waals surface area contributed by atoms with Crippen LogP contribution in [0.3, 0.4) is 0 Å². The van der Waals surface area contributed by atoms with E-state index in [2.05, 4.69) is 10.2 Å². The Hall–Kier alpha value is -2.08. The molecule has 0 unspecified atom stereocenters. The lowest BCUT2D eigenvalue weighted by Crippen LogP contribution is -2.49. The summed E-state index contributed by atoms with van der Waals surface area (Å²) in [5, 5.41) is 2.92. The Kier molecular flexibility index (Phi) is 7.71. The lowest BCUT2D eigenvalue weighted by Gasteiger charge is -2.34. The highest BCUT2D eigenvalue weighted by Gasteiger charge is 2.23. The van der Waals surface area contributed by atoms with Crippen molar-refractivity contribution in [1.82, 2.24) is 9.80 Å². The minimum Gasteiger partial charge on any atom is -0.495 e. The van der Waals surface area contributed by atoms with Crippen molar-refractivity contribution in [2.45, 2.75) is 44.9 Å². The zero-order chi connectivity index (χ0) is 19.8. The second-order valence-electron chi connectivity index (χ2n) is 7.91. The number of ether oxygens (including phenoxy) is 1. The maximum atomic E-state index is 12.4. The van der Waals surface area contributed by atoms with E-state index in [1.807, 2.05) is 29.2 Å². The molecule has 1 aromatic rings. The van der Waals surface area contributed by atoms with Crippen LogP contribution >= 0.6 is 0 Å². The number of carbonyl (C=O) groups excluding carboxylic acids is 2. The van der Waals surface area contributed by atoms with E-state index in [4.69, 9.17) is 4.74 Å². The second kappa shape index (κ2) is 10.5. The van der Waals surface area contributed by atoms with Crippen LogP contribution in [0.4, 0.5) is 5.69 Å². The van der Waals surface area contributed by atoms with Crippen molar-refractivity contribution in [3.63, 3.8) is 0 Å². The molecule has 1 heterocycles. The molecule has 6 nitrogen and oxygen atoms in total. The quantitative estimate of drug-likeness (QED) is 0.744. The third-order valence-electron chi connectivity index (χ3n) is 6.00. The summed E-state index contributed by atoms with van der Waals surface area (Å²) in [5.41, 5.74) is 0.702. The number of methoxy groups -OCH3 is 1. The average Bonchev–Trinajstić information content (AvgIpc) is 3.25. The molecule has 2 aliphatic rings. The van der Waals surface area contributed by atoms with E-state index in [1.54, 1.807) is 7.11 Å². The summed E-state index contributed by atoms with van der Waals surface area (Å²) in [5.74, 6) is 1.73. The molecular weight excluding hydrogens is 354 g/mol. The van der Waals surface area contributed by atoms with Crippen LogP contribution in [-0.2, 0) is 9.59 Å². The number of hydrogen-bond acceptors (Lipinski definition) is 4. The van der Waals surface area contributed by atoms with Crippen molar-refractivity contribution in [2.75, 3.05) is 45.2 Å². The first-order valence-corrected chi connectivity index (χ1v) is 10.6. The van der Waals surface area contributed by atoms with E-state index < -0.39 is 0 Å². The Morgan fingerprint density at radius 1 is 1.07 bits per heavy atom. The number of nitrogens with zero attached hydrogens (tertiary/aromatic N) is 2. The summed E-state index contributed by atoms with van der Waals surface area (Å²) in [4.78, 5) is 28.9. The van der Waals surface area contributed by atoms with Gasteiger partial charge in [-0.05, 0) is 24.5 Å². The molecule has 1 aliphatic carbocycles. The van der Waals surface area contributed by atoms with Gasteiger partial charge in [0.1, 0.15) is 5.75 Å². The molecule has 2 fully saturated rings. The Balaban J connectivity index is 1.33. The molecular formula is C22H33N3O3. The van der Waals surface area contributed by atoms with Crippen LogP contribution < -0.4 is 10.1 Å². The molecule has 1 N–H and O–H groups in total. The molecule has 3 rings (SSSR count). The highest BCUT2D eigenvalue weighted by molar-refractivity contribution is 5.92. The maximum Gasteiger partial charge on any atom is 0.225 e. The number of piperazine rings is 1. The van der Waals surface area contributed by atoms with Gasteiger partial charge in [-0.1, -0.05) is 37.8 Å². The first-order chi connectivity index (χ1) is 13.7. The van der Waals surface area contributed by atoms with Crippen LogP contribution in [0.1, 0.15) is 44.9 Å². The average molecular weight is 388 g/mol. The highest BCUT2D eigenvalue weighted by atomic mass is 16.5. The van der Waals surface area contributed by atoms with Crippen LogP contribution in [0.15, 0.2) is 24.3 Å². The third-order valence-corrected chi connectivity index (χ3v) is 6.00. The normalized spacial score (nSPS) is 18.2. The Morgan fingerprint density at radius 3 is 2.50 bits per heavy atom. The van der Waals surface area contributed by atoms with Gasteiger partial charge in [0, 0.05) is 45.6 Å². The van der Waals surface area contributed by atoms with Crippen LogP contribution in [0.2, 0.25) is 0 Å². The van der Waals surface area contributed by atoms with E-state index in [1.165, 1.54) is 25.7 Å². The molecule has 1 saturated heterocycles. The van der Waals surface area contributed by atoms with Crippen molar-refractivity contribution in [1.29, 1.82) is 0 Å². The van der Waals surface area contributed by atoms with E-state index in [9.17, 15) is 9.59 Å². The molecule has 1 aromatic carbocycles. The van der Waals surface area contributed by atoms with Gasteiger partial charge < -0.3 is 15.0 Å². The molecule has 154 valence electrons. The van der Waals surface area contributed by atoms with Crippen LogP contribution in [0.25, 0.3) is 0 Å². The number of hydrogen-bond donors (Lipinski definition) is 1. The monoisotopic (exact) mass is 387 g/mol. The summed E-state index contributed by atoms with van der Waals surface area (Å²) in [6.07, 6.45) is 7.47. The molecule has 6 heteroatoms. The molecule has 1 aliphatic heterocycles. The number of anilines is 1. The fraction of sp³-hybridized carbons (Fsp3) is 0.636. The largest absolute Gasteiger partial charge is 0.495 e. The first kappa shape index (κ1) is 20.6.